The van der Waals surface area contributed by atoms with E-state index in [1.807, 2.05) is 13.8 Å². The zero-order valence-corrected chi connectivity index (χ0v) is 14.0. The monoisotopic (exact) mass is 335 g/mol. The number of nitrogens with two attached hydrogens (primary N) is 2. The van der Waals surface area contributed by atoms with E-state index in [1.54, 1.807) is 0 Å². The van der Waals surface area contributed by atoms with E-state index in [-0.39, 0.29) is 28.3 Å². The SMILES string of the molecule is CN(CC(C)(C)CN)S(=O)(=O)c1ccc(C(N)=O)cc1.Cl. The van der Waals surface area contributed by atoms with Crippen LogP contribution in [0.5, 0.6) is 0 Å². The third kappa shape index (κ3) is 4.96. The van der Waals surface area contributed by atoms with Crippen LogP contribution < -0.4 is 11.5 Å². The van der Waals surface area contributed by atoms with E-state index in [0.29, 0.717) is 13.1 Å². The normalized spacial score (nSPS) is 12.0. The van der Waals surface area contributed by atoms with Crippen LogP contribution in [0.2, 0.25) is 0 Å². The van der Waals surface area contributed by atoms with Crippen molar-refractivity contribution < 1.29 is 13.2 Å². The minimum Gasteiger partial charge on any atom is -0.366 e. The minimum atomic E-state index is -3.60. The van der Waals surface area contributed by atoms with Crippen LogP contribution >= 0.6 is 12.4 Å². The van der Waals surface area contributed by atoms with Gasteiger partial charge >= 0.3 is 0 Å². The largest absolute Gasteiger partial charge is 0.366 e. The van der Waals surface area contributed by atoms with Gasteiger partial charge in [-0.1, -0.05) is 13.8 Å². The van der Waals surface area contributed by atoms with Crippen LogP contribution in [0, 0.1) is 5.41 Å². The lowest BCUT2D eigenvalue weighted by Gasteiger charge is -2.28. The summed E-state index contributed by atoms with van der Waals surface area (Å²) in [5, 5.41) is 0. The second-order valence-electron chi connectivity index (χ2n) is 5.52. The lowest BCUT2D eigenvalue weighted by Crippen LogP contribution is -2.39. The molecule has 0 aromatic heterocycles. The van der Waals surface area contributed by atoms with Gasteiger partial charge in [0, 0.05) is 19.2 Å². The van der Waals surface area contributed by atoms with Crippen molar-refractivity contribution in [3.8, 4) is 0 Å². The number of nitrogens with zero attached hydrogens (tertiary/aromatic N) is 1. The summed E-state index contributed by atoms with van der Waals surface area (Å²) in [7, 11) is -2.09. The van der Waals surface area contributed by atoms with Crippen molar-refractivity contribution in [3.05, 3.63) is 29.8 Å². The standard InChI is InChI=1S/C13H21N3O3S.ClH/c1-13(2,8-14)9-16(3)20(18,19)11-6-4-10(5-7-11)12(15)17;/h4-7H,8-9,14H2,1-3H3,(H2,15,17);1H. The topological polar surface area (TPSA) is 106 Å². The molecule has 0 saturated carbocycles. The molecular formula is C13H22ClN3O3S. The minimum absolute atomic E-state index is 0. The summed E-state index contributed by atoms with van der Waals surface area (Å²) >= 11 is 0. The number of benzene rings is 1. The molecule has 0 spiro atoms. The van der Waals surface area contributed by atoms with E-state index in [9.17, 15) is 13.2 Å². The average molecular weight is 336 g/mol. The van der Waals surface area contributed by atoms with Crippen LogP contribution in [0.25, 0.3) is 0 Å². The fourth-order valence-electron chi connectivity index (χ4n) is 1.72. The number of halogens is 1. The molecule has 0 aliphatic heterocycles. The predicted molar refractivity (Wildman–Crippen MR) is 84.9 cm³/mol. The first-order valence-electron chi connectivity index (χ1n) is 6.16. The van der Waals surface area contributed by atoms with Crippen molar-refractivity contribution in [2.45, 2.75) is 18.7 Å². The molecule has 0 atom stereocenters. The number of carbonyl (C=O) groups is 1. The first-order chi connectivity index (χ1) is 9.10. The lowest BCUT2D eigenvalue weighted by molar-refractivity contribution is 0.1000. The Morgan fingerprint density at radius 2 is 1.71 bits per heavy atom. The summed E-state index contributed by atoms with van der Waals surface area (Å²) in [6.45, 7) is 4.49. The maximum atomic E-state index is 12.4. The molecule has 6 nitrogen and oxygen atoms in total. The highest BCUT2D eigenvalue weighted by atomic mass is 35.5. The Labute approximate surface area is 132 Å². The van der Waals surface area contributed by atoms with Crippen molar-refractivity contribution >= 4 is 28.3 Å². The van der Waals surface area contributed by atoms with Crippen molar-refractivity contribution in [2.24, 2.45) is 16.9 Å². The summed E-state index contributed by atoms with van der Waals surface area (Å²) in [6.07, 6.45) is 0. The smallest absolute Gasteiger partial charge is 0.248 e. The molecule has 1 aromatic rings. The molecule has 4 N–H and O–H groups in total. The number of amides is 1. The van der Waals surface area contributed by atoms with Gasteiger partial charge in [-0.05, 0) is 36.2 Å². The fraction of sp³-hybridized carbons (Fsp3) is 0.462. The molecule has 1 aromatic carbocycles. The highest BCUT2D eigenvalue weighted by Gasteiger charge is 2.27. The molecule has 0 fully saturated rings. The number of carbonyl (C=O) groups excluding carboxylic acids is 1. The molecular weight excluding hydrogens is 314 g/mol. The summed E-state index contributed by atoms with van der Waals surface area (Å²) in [5.41, 5.74) is 10.7. The average Bonchev–Trinajstić information content (AvgIpc) is 2.38. The summed E-state index contributed by atoms with van der Waals surface area (Å²) in [4.78, 5) is 11.1. The van der Waals surface area contributed by atoms with Crippen LogP contribution in [0.3, 0.4) is 0 Å². The summed E-state index contributed by atoms with van der Waals surface area (Å²) in [6, 6.07) is 5.55. The lowest BCUT2D eigenvalue weighted by atomic mass is 9.94. The third-order valence-corrected chi connectivity index (χ3v) is 4.87. The van der Waals surface area contributed by atoms with E-state index in [1.165, 1.54) is 35.6 Å². The molecule has 0 radical (unpaired) electrons. The van der Waals surface area contributed by atoms with Crippen molar-refractivity contribution in [3.63, 3.8) is 0 Å². The maximum Gasteiger partial charge on any atom is 0.248 e. The van der Waals surface area contributed by atoms with Gasteiger partial charge in [0.2, 0.25) is 15.9 Å². The van der Waals surface area contributed by atoms with Crippen LogP contribution in [0.4, 0.5) is 0 Å². The zero-order chi connectivity index (χ0) is 15.6. The Morgan fingerprint density at radius 1 is 1.24 bits per heavy atom. The second-order valence-corrected chi connectivity index (χ2v) is 7.56. The number of hydrogen-bond acceptors (Lipinski definition) is 4. The maximum absolute atomic E-state index is 12.4. The van der Waals surface area contributed by atoms with Crippen LogP contribution in [0.1, 0.15) is 24.2 Å². The Balaban J connectivity index is 0.00000400. The van der Waals surface area contributed by atoms with Gasteiger partial charge in [0.1, 0.15) is 0 Å². The second kappa shape index (κ2) is 7.22. The van der Waals surface area contributed by atoms with Crippen LogP contribution in [-0.4, -0.2) is 38.8 Å². The Kier molecular flexibility index (Phi) is 6.82. The Bertz CT molecular complexity index is 585. The van der Waals surface area contributed by atoms with Crippen molar-refractivity contribution in [1.82, 2.24) is 4.31 Å². The number of rotatable bonds is 6. The molecule has 120 valence electrons. The summed E-state index contributed by atoms with van der Waals surface area (Å²) < 4.78 is 26.0. The number of primary amides is 1. The van der Waals surface area contributed by atoms with Gasteiger partial charge < -0.3 is 11.5 Å². The van der Waals surface area contributed by atoms with Gasteiger partial charge in [-0.2, -0.15) is 0 Å². The first-order valence-corrected chi connectivity index (χ1v) is 7.60. The zero-order valence-electron chi connectivity index (χ0n) is 12.4. The van der Waals surface area contributed by atoms with Gasteiger partial charge in [-0.25, -0.2) is 12.7 Å². The van der Waals surface area contributed by atoms with Gasteiger partial charge in [0.05, 0.1) is 4.90 Å². The molecule has 0 aliphatic carbocycles. The van der Waals surface area contributed by atoms with Gasteiger partial charge in [0.15, 0.2) is 0 Å². The van der Waals surface area contributed by atoms with E-state index >= 15 is 0 Å². The molecule has 1 amide bonds. The van der Waals surface area contributed by atoms with E-state index in [4.69, 9.17) is 11.5 Å². The Hall–Kier alpha value is -1.15. The molecule has 21 heavy (non-hydrogen) atoms. The van der Waals surface area contributed by atoms with Crippen LogP contribution in [-0.2, 0) is 10.0 Å². The number of hydrogen-bond donors (Lipinski definition) is 2. The van der Waals surface area contributed by atoms with Crippen molar-refractivity contribution in [2.75, 3.05) is 20.1 Å². The highest BCUT2D eigenvalue weighted by molar-refractivity contribution is 7.89. The molecule has 8 heteroatoms. The van der Waals surface area contributed by atoms with E-state index in [0.717, 1.165) is 0 Å². The molecule has 0 unspecified atom stereocenters. The predicted octanol–water partition coefficient (Wildman–Crippen LogP) is 0.813. The number of sulfonamides is 1. The van der Waals surface area contributed by atoms with E-state index in [2.05, 4.69) is 0 Å². The summed E-state index contributed by atoms with van der Waals surface area (Å²) in [5.74, 6) is -0.591. The van der Waals surface area contributed by atoms with E-state index < -0.39 is 15.9 Å². The van der Waals surface area contributed by atoms with Gasteiger partial charge in [-0.15, -0.1) is 12.4 Å². The Morgan fingerprint density at radius 3 is 2.10 bits per heavy atom. The molecule has 0 heterocycles. The van der Waals surface area contributed by atoms with Crippen molar-refractivity contribution in [1.29, 1.82) is 0 Å². The molecule has 0 bridgehead atoms. The van der Waals surface area contributed by atoms with Crippen LogP contribution in [0.15, 0.2) is 29.2 Å². The first kappa shape index (κ1) is 19.9. The molecule has 1 rings (SSSR count). The van der Waals surface area contributed by atoms with Gasteiger partial charge in [-0.3, -0.25) is 4.79 Å². The quantitative estimate of drug-likeness (QED) is 0.802. The fourth-order valence-corrected chi connectivity index (χ4v) is 3.08. The molecule has 0 aliphatic rings. The molecule has 0 saturated heterocycles. The van der Waals surface area contributed by atoms with Gasteiger partial charge in [0.25, 0.3) is 0 Å². The highest BCUT2D eigenvalue weighted by Crippen LogP contribution is 2.20. The third-order valence-electron chi connectivity index (χ3n) is 3.05.